The summed E-state index contributed by atoms with van der Waals surface area (Å²) in [6.07, 6.45) is 80.9. The number of carbonyl (C=O) groups excluding carboxylic acids is 2. The number of unbranched alkanes of at least 4 members (excludes halogenated alkanes) is 44. The maximum atomic E-state index is 13.0. The number of rotatable bonds is 67. The predicted octanol–water partition coefficient (Wildman–Crippen LogP) is 22.1. The SMILES string of the molecule is CC/C=C\C/C=C\C/C=C\C/C=C\CCCCCCCCCCCCCCCCCCCCCCC(=O)OC(COC(=O)CCCCCCCCCCCCCCCCCCCCCCCCCCC)COC(OCC[N+](C)(C)C)C(=O)O. The molecule has 1 N–H and O–H groups in total. The average molecular weight is 1170 g/mol. The fourth-order valence-electron chi connectivity index (χ4n) is 10.7. The number of quaternary nitrogens is 1. The highest BCUT2D eigenvalue weighted by Gasteiger charge is 2.25. The van der Waals surface area contributed by atoms with Gasteiger partial charge in [-0.3, -0.25) is 9.59 Å². The van der Waals surface area contributed by atoms with E-state index >= 15 is 0 Å². The van der Waals surface area contributed by atoms with E-state index in [1.165, 1.54) is 257 Å². The molecule has 2 atom stereocenters. The van der Waals surface area contributed by atoms with Gasteiger partial charge in [-0.25, -0.2) is 4.79 Å². The highest BCUT2D eigenvalue weighted by atomic mass is 16.7. The Hall–Kier alpha value is -2.75. The third-order valence-corrected chi connectivity index (χ3v) is 16.1. The molecule has 9 nitrogen and oxygen atoms in total. The van der Waals surface area contributed by atoms with E-state index in [-0.39, 0.29) is 38.2 Å². The molecule has 0 bridgehead atoms. The van der Waals surface area contributed by atoms with Crippen LogP contribution in [0.25, 0.3) is 0 Å². The topological polar surface area (TPSA) is 108 Å². The Morgan fingerprint density at radius 3 is 1.02 bits per heavy atom. The molecule has 0 aliphatic carbocycles. The van der Waals surface area contributed by atoms with Crippen molar-refractivity contribution in [2.75, 3.05) is 47.5 Å². The van der Waals surface area contributed by atoms with Crippen LogP contribution in [0.3, 0.4) is 0 Å². The highest BCUT2D eigenvalue weighted by molar-refractivity contribution is 5.71. The van der Waals surface area contributed by atoms with Gasteiger partial charge < -0.3 is 28.5 Å². The summed E-state index contributed by atoms with van der Waals surface area (Å²) >= 11 is 0. The van der Waals surface area contributed by atoms with Crippen LogP contribution in [0.2, 0.25) is 0 Å². The third-order valence-electron chi connectivity index (χ3n) is 16.1. The lowest BCUT2D eigenvalue weighted by Crippen LogP contribution is -2.40. The maximum absolute atomic E-state index is 13.0. The van der Waals surface area contributed by atoms with E-state index in [1.54, 1.807) is 0 Å². The first kappa shape index (κ1) is 80.2. The van der Waals surface area contributed by atoms with Crippen LogP contribution in [0, 0.1) is 0 Å². The van der Waals surface area contributed by atoms with Crippen molar-refractivity contribution in [3.63, 3.8) is 0 Å². The summed E-state index contributed by atoms with van der Waals surface area (Å²) in [6.45, 7) is 4.84. The first-order valence-corrected chi connectivity index (χ1v) is 35.8. The Morgan fingerprint density at radius 2 is 0.687 bits per heavy atom. The summed E-state index contributed by atoms with van der Waals surface area (Å²) in [5, 5.41) is 9.75. The number of carboxylic acids is 1. The van der Waals surface area contributed by atoms with Crippen LogP contribution in [0.1, 0.15) is 348 Å². The van der Waals surface area contributed by atoms with Crippen LogP contribution < -0.4 is 0 Å². The van der Waals surface area contributed by atoms with Crippen LogP contribution in [0.4, 0.5) is 0 Å². The summed E-state index contributed by atoms with van der Waals surface area (Å²) < 4.78 is 23.0. The number of carbonyl (C=O) groups is 3. The molecule has 0 amide bonds. The van der Waals surface area contributed by atoms with Crippen LogP contribution in [-0.4, -0.2) is 87.4 Å². The van der Waals surface area contributed by atoms with Gasteiger partial charge in [-0.15, -0.1) is 0 Å². The third kappa shape index (κ3) is 66.6. The second kappa shape index (κ2) is 65.2. The van der Waals surface area contributed by atoms with Crippen LogP contribution >= 0.6 is 0 Å². The molecule has 2 unspecified atom stereocenters. The molecule has 0 saturated heterocycles. The van der Waals surface area contributed by atoms with E-state index in [9.17, 15) is 19.5 Å². The maximum Gasteiger partial charge on any atom is 0.361 e. The van der Waals surface area contributed by atoms with Gasteiger partial charge in [-0.2, -0.15) is 0 Å². The first-order chi connectivity index (χ1) is 40.6. The lowest BCUT2D eigenvalue weighted by molar-refractivity contribution is -0.870. The van der Waals surface area contributed by atoms with E-state index in [2.05, 4.69) is 62.5 Å². The van der Waals surface area contributed by atoms with Gasteiger partial charge >= 0.3 is 17.9 Å². The van der Waals surface area contributed by atoms with E-state index in [0.29, 0.717) is 17.4 Å². The van der Waals surface area contributed by atoms with Gasteiger partial charge in [0.05, 0.1) is 34.4 Å². The van der Waals surface area contributed by atoms with Crippen molar-refractivity contribution in [3.8, 4) is 0 Å². The summed E-state index contributed by atoms with van der Waals surface area (Å²) in [7, 11) is 5.99. The zero-order valence-electron chi connectivity index (χ0n) is 55.6. The van der Waals surface area contributed by atoms with E-state index in [0.717, 1.165) is 64.2 Å². The highest BCUT2D eigenvalue weighted by Crippen LogP contribution is 2.19. The minimum atomic E-state index is -1.51. The lowest BCUT2D eigenvalue weighted by atomic mass is 10.0. The summed E-state index contributed by atoms with van der Waals surface area (Å²) in [5.41, 5.74) is 0. The largest absolute Gasteiger partial charge is 0.477 e. The normalized spacial score (nSPS) is 12.9. The monoisotopic (exact) mass is 1170 g/mol. The molecule has 0 aromatic carbocycles. The molecule has 0 heterocycles. The molecule has 83 heavy (non-hydrogen) atoms. The fourth-order valence-corrected chi connectivity index (χ4v) is 10.7. The van der Waals surface area contributed by atoms with E-state index in [4.69, 9.17) is 18.9 Å². The number of esters is 2. The molecular weight excluding hydrogens is 1030 g/mol. The first-order valence-electron chi connectivity index (χ1n) is 35.8. The molecule has 0 aromatic heterocycles. The quantitative estimate of drug-likeness (QED) is 0.0211. The fraction of sp³-hybridized carbons (Fsp3) is 0.851. The van der Waals surface area contributed by atoms with E-state index in [1.807, 2.05) is 21.1 Å². The molecule has 0 fully saturated rings. The number of allylic oxidation sites excluding steroid dienone is 8. The lowest BCUT2D eigenvalue weighted by Gasteiger charge is -2.25. The molecular formula is C74H138NO8+. The number of nitrogens with zero attached hydrogens (tertiary/aromatic N) is 1. The van der Waals surface area contributed by atoms with Crippen LogP contribution in [0.5, 0.6) is 0 Å². The van der Waals surface area contributed by atoms with Crippen molar-refractivity contribution in [1.29, 1.82) is 0 Å². The van der Waals surface area contributed by atoms with Crippen molar-refractivity contribution >= 4 is 17.9 Å². The molecule has 486 valence electrons. The molecule has 0 aromatic rings. The van der Waals surface area contributed by atoms with Crippen molar-refractivity contribution in [2.45, 2.75) is 360 Å². The minimum absolute atomic E-state index is 0.176. The molecule has 9 heteroatoms. The number of ether oxygens (including phenoxy) is 4. The summed E-state index contributed by atoms with van der Waals surface area (Å²) in [5.74, 6) is -1.98. The van der Waals surface area contributed by atoms with Gasteiger partial charge in [0.15, 0.2) is 6.10 Å². The average Bonchev–Trinajstić information content (AvgIpc) is 3.46. The van der Waals surface area contributed by atoms with Gasteiger partial charge in [0, 0.05) is 12.8 Å². The Labute approximate surface area is 514 Å². The second-order valence-corrected chi connectivity index (χ2v) is 25.5. The number of likely N-dealkylation sites (N-methyl/N-ethyl adjacent to an activating group) is 1. The molecule has 0 aliphatic rings. The smallest absolute Gasteiger partial charge is 0.361 e. The van der Waals surface area contributed by atoms with Gasteiger partial charge in [0.25, 0.3) is 6.29 Å². The Kier molecular flexibility index (Phi) is 63.1. The van der Waals surface area contributed by atoms with Gasteiger partial charge in [0.1, 0.15) is 13.2 Å². The molecule has 0 aliphatic heterocycles. The van der Waals surface area contributed by atoms with Crippen molar-refractivity contribution in [3.05, 3.63) is 48.6 Å². The zero-order chi connectivity index (χ0) is 60.5. The molecule has 0 radical (unpaired) electrons. The summed E-state index contributed by atoms with van der Waals surface area (Å²) in [4.78, 5) is 37.6. The van der Waals surface area contributed by atoms with Crippen molar-refractivity contribution in [1.82, 2.24) is 0 Å². The van der Waals surface area contributed by atoms with Crippen molar-refractivity contribution in [2.24, 2.45) is 0 Å². The van der Waals surface area contributed by atoms with Crippen LogP contribution in [-0.2, 0) is 33.3 Å². The number of carboxylic acid groups (broad SMARTS) is 1. The number of hydrogen-bond donors (Lipinski definition) is 1. The van der Waals surface area contributed by atoms with Crippen LogP contribution in [0.15, 0.2) is 48.6 Å². The zero-order valence-corrected chi connectivity index (χ0v) is 55.6. The molecule has 0 rings (SSSR count). The van der Waals surface area contributed by atoms with Gasteiger partial charge in [0.2, 0.25) is 0 Å². The Morgan fingerprint density at radius 1 is 0.373 bits per heavy atom. The second-order valence-electron chi connectivity index (χ2n) is 25.5. The van der Waals surface area contributed by atoms with Crippen molar-refractivity contribution < 1.29 is 42.9 Å². The number of aliphatic carboxylic acids is 1. The van der Waals surface area contributed by atoms with Gasteiger partial charge in [-0.1, -0.05) is 332 Å². The van der Waals surface area contributed by atoms with Gasteiger partial charge in [-0.05, 0) is 51.4 Å². The Bertz CT molecular complexity index is 1500. The predicted molar refractivity (Wildman–Crippen MR) is 355 cm³/mol. The molecule has 0 saturated carbocycles. The minimum Gasteiger partial charge on any atom is -0.477 e. The number of hydrogen-bond acceptors (Lipinski definition) is 7. The Balaban J connectivity index is 4.04. The molecule has 0 spiro atoms. The summed E-state index contributed by atoms with van der Waals surface area (Å²) in [6, 6.07) is 0. The van der Waals surface area contributed by atoms with E-state index < -0.39 is 18.4 Å². The standard InChI is InChI=1S/C74H137NO8/c1-6-8-10-12-14-16-18-20-22-24-26-28-30-32-33-34-35-36-37-38-39-41-43-45-47-49-51-53-55-57-59-61-63-65-72(77)83-70(69-82-74(73(78)79)80-67-66-75(3,4)5)68-81-71(76)64-62-60-58-56-54-52-50-48-46-44-42-40-31-29-27-25-23-21-19-17-15-13-11-9-7-2/h8,10,14,16,20,22,26,28,70,74H,6-7,9,11-13,15,17-19,21,23-25,27,29-69H2,1-5H3/p+1/b10-8-,16-14-,22-20-,28-26-.